The minimum absolute atomic E-state index is 0.166. The van der Waals surface area contributed by atoms with Gasteiger partial charge in [0.25, 0.3) is 5.91 Å². The van der Waals surface area contributed by atoms with Gasteiger partial charge >= 0.3 is 12.1 Å². The van der Waals surface area contributed by atoms with Crippen LogP contribution in [0.1, 0.15) is 39.9 Å². The lowest BCUT2D eigenvalue weighted by atomic mass is 9.99. The van der Waals surface area contributed by atoms with Crippen LogP contribution >= 0.6 is 0 Å². The number of halogens is 3. The highest BCUT2D eigenvalue weighted by Gasteiger charge is 2.32. The van der Waals surface area contributed by atoms with Gasteiger partial charge in [-0.1, -0.05) is 18.2 Å². The summed E-state index contributed by atoms with van der Waals surface area (Å²) < 4.78 is 38.8. The fraction of sp³-hybridized carbons (Fsp3) is 0.357. The molecule has 41 heavy (non-hydrogen) atoms. The number of phenols is 1. The molecule has 0 spiro atoms. The number of aryl methyl sites for hydroxylation is 1. The van der Waals surface area contributed by atoms with E-state index < -0.39 is 23.5 Å². The molecule has 13 heteroatoms. The highest BCUT2D eigenvalue weighted by molar-refractivity contribution is 5.95. The van der Waals surface area contributed by atoms with E-state index in [0.717, 1.165) is 32.0 Å². The largest absolute Gasteiger partial charge is 0.507 e. The van der Waals surface area contributed by atoms with E-state index in [0.29, 0.717) is 23.0 Å². The number of likely N-dealkylation sites (N-methyl/N-ethyl adjacent to an activating group) is 1. The molecule has 1 fully saturated rings. The zero-order chi connectivity index (χ0) is 30.2. The van der Waals surface area contributed by atoms with Gasteiger partial charge in [0.05, 0.1) is 17.9 Å². The molecule has 0 aliphatic carbocycles. The normalized spacial score (nSPS) is 15.4. The molecule has 1 amide bonds. The van der Waals surface area contributed by atoms with Crippen LogP contribution in [0.25, 0.3) is 11.3 Å². The average molecular weight is 576 g/mol. The van der Waals surface area contributed by atoms with Gasteiger partial charge in [0, 0.05) is 29.3 Å². The molecule has 1 atom stereocenters. The Morgan fingerprint density at radius 3 is 2.41 bits per heavy atom. The molecule has 10 nitrogen and oxygen atoms in total. The van der Waals surface area contributed by atoms with Crippen molar-refractivity contribution >= 4 is 17.7 Å². The molecule has 2 aromatic carbocycles. The predicted octanol–water partition coefficient (Wildman–Crippen LogP) is 3.68. The highest BCUT2D eigenvalue weighted by atomic mass is 19.4. The van der Waals surface area contributed by atoms with E-state index in [1.807, 2.05) is 7.05 Å². The number of carboxylic acid groups (broad SMARTS) is 1. The molecule has 4 rings (SSSR count). The predicted molar refractivity (Wildman–Crippen MR) is 145 cm³/mol. The van der Waals surface area contributed by atoms with Crippen LogP contribution in [0, 0.1) is 6.92 Å². The number of anilines is 1. The van der Waals surface area contributed by atoms with Crippen LogP contribution in [0.2, 0.25) is 0 Å². The van der Waals surface area contributed by atoms with E-state index in [1.54, 1.807) is 30.3 Å². The molecular formula is C28H32F3N5O5. The van der Waals surface area contributed by atoms with Gasteiger partial charge < -0.3 is 30.9 Å². The zero-order valence-electron chi connectivity index (χ0n) is 22.6. The number of aliphatic hydroxyl groups excluding tert-OH is 1. The van der Waals surface area contributed by atoms with Crippen LogP contribution in [0.3, 0.4) is 0 Å². The summed E-state index contributed by atoms with van der Waals surface area (Å²) in [5.74, 6) is -1.51. The second kappa shape index (κ2) is 13.9. The number of rotatable bonds is 7. The van der Waals surface area contributed by atoms with Crippen molar-refractivity contribution in [2.45, 2.75) is 38.6 Å². The molecule has 0 radical (unpaired) electrons. The monoisotopic (exact) mass is 575 g/mol. The first-order valence-corrected chi connectivity index (χ1v) is 12.8. The van der Waals surface area contributed by atoms with Crippen LogP contribution in [0.15, 0.2) is 48.5 Å². The van der Waals surface area contributed by atoms with Crippen molar-refractivity contribution < 1.29 is 38.1 Å². The molecule has 1 saturated heterocycles. The number of carbonyl (C=O) groups excluding carboxylic acids is 1. The number of amides is 1. The minimum Gasteiger partial charge on any atom is -0.507 e. The average Bonchev–Trinajstić information content (AvgIpc) is 2.92. The molecule has 3 aromatic rings. The smallest absolute Gasteiger partial charge is 0.416 e. The number of aliphatic hydroxyl groups is 1. The molecule has 2 heterocycles. The lowest BCUT2D eigenvalue weighted by molar-refractivity contribution is -0.138. The number of benzene rings is 2. The Labute approximate surface area is 234 Å². The third kappa shape index (κ3) is 8.88. The molecule has 1 aliphatic rings. The first kappa shape index (κ1) is 31.3. The second-order valence-corrected chi connectivity index (χ2v) is 9.63. The lowest BCUT2D eigenvalue weighted by Crippen LogP contribution is -2.40. The van der Waals surface area contributed by atoms with E-state index in [-0.39, 0.29) is 41.9 Å². The summed E-state index contributed by atoms with van der Waals surface area (Å²) in [5, 5.41) is 41.9. The van der Waals surface area contributed by atoms with Crippen molar-refractivity contribution in [1.82, 2.24) is 20.4 Å². The molecule has 1 aromatic heterocycles. The number of piperidine rings is 1. The molecular weight excluding hydrogens is 543 g/mol. The first-order chi connectivity index (χ1) is 19.4. The number of carboxylic acids is 1. The maximum Gasteiger partial charge on any atom is 0.416 e. The first-order valence-electron chi connectivity index (χ1n) is 12.8. The molecule has 0 bridgehead atoms. The fourth-order valence-corrected chi connectivity index (χ4v) is 4.39. The van der Waals surface area contributed by atoms with Crippen molar-refractivity contribution in [3.05, 3.63) is 70.8 Å². The van der Waals surface area contributed by atoms with Crippen LogP contribution in [0.4, 0.5) is 19.0 Å². The zero-order valence-corrected chi connectivity index (χ0v) is 22.6. The van der Waals surface area contributed by atoms with Crippen molar-refractivity contribution in [2.75, 3.05) is 32.0 Å². The van der Waals surface area contributed by atoms with E-state index in [9.17, 15) is 33.0 Å². The minimum atomic E-state index is -4.55. The second-order valence-electron chi connectivity index (χ2n) is 9.63. The molecule has 1 aliphatic heterocycles. The Balaban J connectivity index is 0.000000298. The summed E-state index contributed by atoms with van der Waals surface area (Å²) in [6, 6.07) is 11.8. The number of nitrogens with one attached hydrogen (secondary N) is 2. The SMILES string of the molecule is Cc1cc(C(F)(F)F)cc(O)c1-c1cc(CO)c(NC2CCCN(C)C2)nn1.O=C(O)CNC(=O)c1ccccc1. The van der Waals surface area contributed by atoms with Crippen LogP contribution in [-0.2, 0) is 17.6 Å². The van der Waals surface area contributed by atoms with E-state index in [4.69, 9.17) is 5.11 Å². The summed E-state index contributed by atoms with van der Waals surface area (Å²) in [7, 11) is 2.03. The van der Waals surface area contributed by atoms with Crippen molar-refractivity contribution in [1.29, 1.82) is 0 Å². The van der Waals surface area contributed by atoms with Gasteiger partial charge in [-0.3, -0.25) is 9.59 Å². The molecule has 5 N–H and O–H groups in total. The number of likely N-dealkylation sites (tertiary alicyclic amines) is 1. The number of aromatic nitrogens is 2. The Bertz CT molecular complexity index is 1330. The Kier molecular flexibility index (Phi) is 10.6. The number of nitrogens with zero attached hydrogens (tertiary/aromatic N) is 3. The van der Waals surface area contributed by atoms with Gasteiger partial charge in [-0.25, -0.2) is 0 Å². The van der Waals surface area contributed by atoms with Crippen LogP contribution in [-0.4, -0.2) is 75.0 Å². The quantitative estimate of drug-likeness (QED) is 0.285. The number of hydrogen-bond acceptors (Lipinski definition) is 8. The fourth-order valence-electron chi connectivity index (χ4n) is 4.39. The third-order valence-electron chi connectivity index (χ3n) is 6.34. The van der Waals surface area contributed by atoms with Gasteiger partial charge in [-0.2, -0.15) is 13.2 Å². The Morgan fingerprint density at radius 2 is 1.83 bits per heavy atom. The maximum absolute atomic E-state index is 12.9. The van der Waals surface area contributed by atoms with E-state index >= 15 is 0 Å². The number of alkyl halides is 3. The van der Waals surface area contributed by atoms with Crippen LogP contribution < -0.4 is 10.6 Å². The van der Waals surface area contributed by atoms with Gasteiger partial charge in [-0.05, 0) is 69.3 Å². The topological polar surface area (TPSA) is 148 Å². The summed E-state index contributed by atoms with van der Waals surface area (Å²) in [4.78, 5) is 23.5. The van der Waals surface area contributed by atoms with Gasteiger partial charge in [-0.15, -0.1) is 10.2 Å². The molecule has 1 unspecified atom stereocenters. The third-order valence-corrected chi connectivity index (χ3v) is 6.34. The molecule has 0 saturated carbocycles. The van der Waals surface area contributed by atoms with Crippen LogP contribution in [0.5, 0.6) is 5.75 Å². The van der Waals surface area contributed by atoms with E-state index in [2.05, 4.69) is 25.7 Å². The summed E-state index contributed by atoms with van der Waals surface area (Å²) in [5.41, 5.74) is 0.598. The van der Waals surface area contributed by atoms with Gasteiger partial charge in [0.15, 0.2) is 5.82 Å². The van der Waals surface area contributed by atoms with Crippen molar-refractivity contribution in [2.24, 2.45) is 0 Å². The van der Waals surface area contributed by atoms with Gasteiger partial charge in [0.2, 0.25) is 0 Å². The lowest BCUT2D eigenvalue weighted by Gasteiger charge is -2.30. The summed E-state index contributed by atoms with van der Waals surface area (Å²) in [6.45, 7) is 2.67. The van der Waals surface area contributed by atoms with Crippen molar-refractivity contribution in [3.63, 3.8) is 0 Å². The Morgan fingerprint density at radius 1 is 1.12 bits per heavy atom. The Hall–Kier alpha value is -4.23. The number of carbonyl (C=O) groups is 2. The standard InChI is InChI=1S/C19H23F3N4O2.C9H9NO3/c1-11-6-13(19(20,21)22)8-16(28)17(11)15-7-12(10-27)18(25-24-15)23-14-4-3-5-26(2)9-14;11-8(12)6-10-9(13)7-4-2-1-3-5-7/h6-8,14,27-28H,3-5,9-10H2,1-2H3,(H,23,25);1-5H,6H2,(H,10,13)(H,11,12). The van der Waals surface area contributed by atoms with E-state index in [1.165, 1.54) is 13.0 Å². The number of hydrogen-bond donors (Lipinski definition) is 5. The number of phenolic OH excluding ortho intramolecular Hbond substituents is 1. The number of aliphatic carboxylic acids is 1. The van der Waals surface area contributed by atoms with Gasteiger partial charge in [0.1, 0.15) is 12.3 Å². The highest BCUT2D eigenvalue weighted by Crippen LogP contribution is 2.38. The summed E-state index contributed by atoms with van der Waals surface area (Å²) >= 11 is 0. The summed E-state index contributed by atoms with van der Waals surface area (Å²) in [6.07, 6.45) is -2.53. The number of aromatic hydroxyl groups is 1. The maximum atomic E-state index is 12.9. The van der Waals surface area contributed by atoms with Crippen molar-refractivity contribution in [3.8, 4) is 17.0 Å². The molecule has 220 valence electrons.